The first-order valence-corrected chi connectivity index (χ1v) is 13.2. The van der Waals surface area contributed by atoms with Crippen molar-refractivity contribution in [1.82, 2.24) is 29.8 Å². The molecule has 0 saturated heterocycles. The van der Waals surface area contributed by atoms with Crippen LogP contribution in [0, 0.1) is 13.8 Å². The first kappa shape index (κ1) is 26.7. The van der Waals surface area contributed by atoms with Crippen LogP contribution in [0.15, 0.2) is 29.3 Å². The first-order chi connectivity index (χ1) is 17.6. The van der Waals surface area contributed by atoms with Crippen LogP contribution in [0.3, 0.4) is 0 Å². The minimum atomic E-state index is -0.181. The number of anilines is 1. The quantitative estimate of drug-likeness (QED) is 0.488. The van der Waals surface area contributed by atoms with Crippen molar-refractivity contribution in [1.29, 1.82) is 0 Å². The molecule has 2 aromatic heterocycles. The van der Waals surface area contributed by atoms with E-state index >= 15 is 0 Å². The number of carbonyl (C=O) groups is 1. The van der Waals surface area contributed by atoms with E-state index in [0.717, 1.165) is 47.5 Å². The molecular weight excluding hydrogens is 466 g/mol. The summed E-state index contributed by atoms with van der Waals surface area (Å²) in [5.74, 6) is -0.181. The average molecular weight is 508 g/mol. The van der Waals surface area contributed by atoms with Gasteiger partial charge in [0.05, 0.1) is 18.3 Å². The van der Waals surface area contributed by atoms with Gasteiger partial charge in [-0.15, -0.1) is 0 Å². The number of carbonyl (C=O) groups excluding carboxylic acids is 1. The number of hydrogen-bond acceptors (Lipinski definition) is 5. The van der Waals surface area contributed by atoms with E-state index in [1.165, 1.54) is 17.5 Å². The van der Waals surface area contributed by atoms with Gasteiger partial charge in [-0.05, 0) is 83.8 Å². The van der Waals surface area contributed by atoms with Crippen molar-refractivity contribution in [2.24, 2.45) is 14.1 Å². The normalized spacial score (nSPS) is 17.8. The van der Waals surface area contributed by atoms with E-state index in [4.69, 9.17) is 0 Å². The van der Waals surface area contributed by atoms with Gasteiger partial charge < -0.3 is 15.1 Å². The highest BCUT2D eigenvalue weighted by Crippen LogP contribution is 2.35. The Balaban J connectivity index is 1.68. The third-order valence-corrected chi connectivity index (χ3v) is 7.93. The molecule has 1 amide bonds. The van der Waals surface area contributed by atoms with Crippen molar-refractivity contribution < 1.29 is 4.79 Å². The molecule has 0 unspecified atom stereocenters. The number of nitrogens with zero attached hydrogens (tertiary/aromatic N) is 5. The molecule has 1 saturated carbocycles. The largest absolute Gasteiger partial charge is 0.369 e. The predicted octanol–water partition coefficient (Wildman–Crippen LogP) is 3.36. The second-order valence-corrected chi connectivity index (χ2v) is 10.5. The van der Waals surface area contributed by atoms with Crippen LogP contribution in [0.1, 0.15) is 59.8 Å². The molecule has 0 radical (unpaired) electrons. The smallest absolute Gasteiger partial charge is 0.271 e. The molecular formula is C28H41N7O2. The third kappa shape index (κ3) is 5.51. The van der Waals surface area contributed by atoms with Crippen LogP contribution in [-0.4, -0.2) is 63.1 Å². The number of aromatic amines is 1. The van der Waals surface area contributed by atoms with E-state index in [-0.39, 0.29) is 18.0 Å². The lowest BCUT2D eigenvalue weighted by atomic mass is 9.88. The van der Waals surface area contributed by atoms with Crippen LogP contribution >= 0.6 is 0 Å². The molecule has 0 spiro atoms. The molecule has 2 N–H and O–H groups in total. The average Bonchev–Trinajstić information content (AvgIpc) is 3.41. The second-order valence-electron chi connectivity index (χ2n) is 10.5. The fourth-order valence-electron chi connectivity index (χ4n) is 5.69. The molecule has 1 aliphatic carbocycles. The summed E-state index contributed by atoms with van der Waals surface area (Å²) in [6, 6.07) is 5.22. The SMILES string of the molecule is CCN(c1cc(-c2cnn(C)c2)cc(C(=O)NCc2c(C)[nH]n(C)c2=O)c1C)C1CCC(N(C)C)CC1. The topological polar surface area (TPSA) is 91.2 Å². The Morgan fingerprint density at radius 1 is 1.11 bits per heavy atom. The maximum Gasteiger partial charge on any atom is 0.271 e. The van der Waals surface area contributed by atoms with Crippen LogP contribution in [0.4, 0.5) is 5.69 Å². The Morgan fingerprint density at radius 2 is 1.78 bits per heavy atom. The number of amides is 1. The number of H-pyrrole nitrogens is 1. The maximum absolute atomic E-state index is 13.5. The molecule has 9 heteroatoms. The van der Waals surface area contributed by atoms with Crippen molar-refractivity contribution >= 4 is 11.6 Å². The number of rotatable bonds is 8. The maximum atomic E-state index is 13.5. The lowest BCUT2D eigenvalue weighted by Gasteiger charge is -2.40. The van der Waals surface area contributed by atoms with Gasteiger partial charge in [-0.1, -0.05) is 0 Å². The minimum absolute atomic E-state index is 0.121. The summed E-state index contributed by atoms with van der Waals surface area (Å²) in [6.45, 7) is 7.12. The third-order valence-electron chi connectivity index (χ3n) is 7.93. The van der Waals surface area contributed by atoms with Crippen LogP contribution < -0.4 is 15.8 Å². The predicted molar refractivity (Wildman–Crippen MR) is 148 cm³/mol. The van der Waals surface area contributed by atoms with Gasteiger partial charge in [0.2, 0.25) is 0 Å². The van der Waals surface area contributed by atoms with E-state index < -0.39 is 0 Å². The standard InChI is InChI=1S/C28H41N7O2/c1-8-35(23-11-9-22(10-12-23)32(4)5)26-14-20(21-15-30-33(6)17-21)13-24(18(26)2)27(36)29-16-25-19(3)31-34(7)28(25)37/h13-15,17,22-23,31H,8-12,16H2,1-7H3,(H,29,36). The Hall–Kier alpha value is -3.33. The number of nitrogens with one attached hydrogen (secondary N) is 2. The van der Waals surface area contributed by atoms with Gasteiger partial charge in [-0.2, -0.15) is 5.10 Å². The van der Waals surface area contributed by atoms with Crippen LogP contribution in [0.5, 0.6) is 0 Å². The zero-order chi connectivity index (χ0) is 26.9. The summed E-state index contributed by atoms with van der Waals surface area (Å²) in [4.78, 5) is 30.8. The highest BCUT2D eigenvalue weighted by molar-refractivity contribution is 5.98. The van der Waals surface area contributed by atoms with Crippen LogP contribution in [0.2, 0.25) is 0 Å². The summed E-state index contributed by atoms with van der Waals surface area (Å²) in [7, 11) is 7.91. The van der Waals surface area contributed by atoms with Gasteiger partial charge >= 0.3 is 0 Å². The van der Waals surface area contributed by atoms with E-state index in [0.29, 0.717) is 23.2 Å². The van der Waals surface area contributed by atoms with Crippen molar-refractivity contribution in [3.63, 3.8) is 0 Å². The molecule has 1 fully saturated rings. The number of aromatic nitrogens is 4. The summed E-state index contributed by atoms with van der Waals surface area (Å²) < 4.78 is 3.21. The van der Waals surface area contributed by atoms with Crippen LogP contribution in [-0.2, 0) is 20.6 Å². The Morgan fingerprint density at radius 3 is 2.32 bits per heavy atom. The molecule has 200 valence electrons. The van der Waals surface area contributed by atoms with E-state index in [1.54, 1.807) is 11.7 Å². The molecule has 1 aromatic carbocycles. The second kappa shape index (κ2) is 11.0. The summed E-state index contributed by atoms with van der Waals surface area (Å²) in [5.41, 5.74) is 5.83. The highest BCUT2D eigenvalue weighted by atomic mass is 16.2. The van der Waals surface area contributed by atoms with Gasteiger partial charge in [0.25, 0.3) is 11.5 Å². The summed E-state index contributed by atoms with van der Waals surface area (Å²) in [5, 5.41) is 10.3. The minimum Gasteiger partial charge on any atom is -0.369 e. The van der Waals surface area contributed by atoms with Gasteiger partial charge in [-0.3, -0.25) is 24.1 Å². The van der Waals surface area contributed by atoms with Crippen LogP contribution in [0.25, 0.3) is 11.1 Å². The molecule has 9 nitrogen and oxygen atoms in total. The Bertz CT molecular complexity index is 1310. The zero-order valence-electron chi connectivity index (χ0n) is 23.3. The first-order valence-electron chi connectivity index (χ1n) is 13.2. The number of aryl methyl sites for hydroxylation is 3. The van der Waals surface area contributed by atoms with E-state index in [9.17, 15) is 9.59 Å². The van der Waals surface area contributed by atoms with E-state index in [2.05, 4.69) is 52.4 Å². The zero-order valence-corrected chi connectivity index (χ0v) is 23.3. The molecule has 4 rings (SSSR count). The molecule has 0 atom stereocenters. The number of benzene rings is 1. The fraction of sp³-hybridized carbons (Fsp3) is 0.536. The summed E-state index contributed by atoms with van der Waals surface area (Å²) in [6.07, 6.45) is 8.42. The van der Waals surface area contributed by atoms with Crippen molar-refractivity contribution in [3.8, 4) is 11.1 Å². The lowest BCUT2D eigenvalue weighted by Crippen LogP contribution is -2.42. The van der Waals surface area contributed by atoms with Gasteiger partial charge in [-0.25, -0.2) is 0 Å². The molecule has 0 bridgehead atoms. The molecule has 2 heterocycles. The van der Waals surface area contributed by atoms with Crippen molar-refractivity contribution in [2.75, 3.05) is 25.5 Å². The molecule has 1 aliphatic rings. The Kier molecular flexibility index (Phi) is 7.92. The van der Waals surface area contributed by atoms with Crippen molar-refractivity contribution in [2.45, 2.75) is 65.1 Å². The van der Waals surface area contributed by atoms with Gasteiger partial charge in [0, 0.05) is 61.4 Å². The monoisotopic (exact) mass is 507 g/mol. The lowest BCUT2D eigenvalue weighted by molar-refractivity contribution is 0.0950. The molecule has 0 aliphatic heterocycles. The van der Waals surface area contributed by atoms with E-state index in [1.807, 2.05) is 39.4 Å². The molecule has 37 heavy (non-hydrogen) atoms. The Labute approximate surface area is 219 Å². The van der Waals surface area contributed by atoms with Crippen molar-refractivity contribution in [3.05, 3.63) is 57.3 Å². The highest BCUT2D eigenvalue weighted by Gasteiger charge is 2.28. The van der Waals surface area contributed by atoms with Gasteiger partial charge in [0.1, 0.15) is 0 Å². The fourth-order valence-corrected chi connectivity index (χ4v) is 5.69. The molecule has 3 aromatic rings. The number of hydrogen-bond donors (Lipinski definition) is 2. The van der Waals surface area contributed by atoms with Gasteiger partial charge in [0.15, 0.2) is 0 Å². The summed E-state index contributed by atoms with van der Waals surface area (Å²) >= 11 is 0.